The van der Waals surface area contributed by atoms with E-state index in [1.165, 1.54) is 4.31 Å². The molecule has 0 bridgehead atoms. The third-order valence-corrected chi connectivity index (χ3v) is 6.37. The van der Waals surface area contributed by atoms with Crippen LogP contribution in [0.1, 0.15) is 5.56 Å². The standard InChI is InChI=1S/C16H18ClN3O2S/c1-13-5-4-8-18-16(13)19-9-11-20(12-10-19)23(21,22)15-7-3-2-6-14(15)17/h2-8H,9-12H2,1H3. The van der Waals surface area contributed by atoms with Gasteiger partial charge >= 0.3 is 0 Å². The molecule has 2 aromatic rings. The summed E-state index contributed by atoms with van der Waals surface area (Å²) >= 11 is 6.05. The summed E-state index contributed by atoms with van der Waals surface area (Å²) in [6.45, 7) is 4.07. The summed E-state index contributed by atoms with van der Waals surface area (Å²) in [6.07, 6.45) is 1.76. The van der Waals surface area contributed by atoms with E-state index in [0.29, 0.717) is 26.2 Å². The number of hydrogen-bond acceptors (Lipinski definition) is 4. The number of nitrogens with zero attached hydrogens (tertiary/aromatic N) is 3. The third-order valence-electron chi connectivity index (χ3n) is 3.97. The van der Waals surface area contributed by atoms with Gasteiger partial charge in [0.05, 0.1) is 5.02 Å². The average molecular weight is 352 g/mol. The van der Waals surface area contributed by atoms with Crippen LogP contribution in [0.2, 0.25) is 5.02 Å². The van der Waals surface area contributed by atoms with Gasteiger partial charge in [0, 0.05) is 32.4 Å². The number of benzene rings is 1. The molecule has 1 aliphatic rings. The molecule has 1 aromatic heterocycles. The molecule has 1 aromatic carbocycles. The van der Waals surface area contributed by atoms with Gasteiger partial charge in [-0.2, -0.15) is 4.31 Å². The van der Waals surface area contributed by atoms with Crippen molar-refractivity contribution >= 4 is 27.4 Å². The second kappa shape index (κ2) is 6.47. The summed E-state index contributed by atoms with van der Waals surface area (Å²) in [6, 6.07) is 10.5. The van der Waals surface area contributed by atoms with Crippen LogP contribution in [-0.2, 0) is 10.0 Å². The van der Waals surface area contributed by atoms with Crippen LogP contribution < -0.4 is 4.90 Å². The maximum atomic E-state index is 12.7. The van der Waals surface area contributed by atoms with Crippen LogP contribution >= 0.6 is 11.6 Å². The predicted octanol–water partition coefficient (Wildman–Crippen LogP) is 2.55. The molecule has 0 spiro atoms. The lowest BCUT2D eigenvalue weighted by atomic mass is 10.2. The second-order valence-electron chi connectivity index (χ2n) is 5.47. The summed E-state index contributed by atoms with van der Waals surface area (Å²) in [5, 5.41) is 0.260. The van der Waals surface area contributed by atoms with Gasteiger partial charge in [-0.1, -0.05) is 29.8 Å². The van der Waals surface area contributed by atoms with Crippen LogP contribution in [0.3, 0.4) is 0 Å². The smallest absolute Gasteiger partial charge is 0.244 e. The van der Waals surface area contributed by atoms with Gasteiger partial charge in [-0.3, -0.25) is 0 Å². The van der Waals surface area contributed by atoms with Crippen molar-refractivity contribution in [3.8, 4) is 0 Å². The normalized spacial score (nSPS) is 16.5. The third kappa shape index (κ3) is 3.20. The molecule has 0 amide bonds. The fourth-order valence-corrected chi connectivity index (χ4v) is 4.66. The maximum Gasteiger partial charge on any atom is 0.244 e. The highest BCUT2D eigenvalue weighted by atomic mass is 35.5. The molecule has 122 valence electrons. The quantitative estimate of drug-likeness (QED) is 0.852. The first kappa shape index (κ1) is 16.2. The van der Waals surface area contributed by atoms with Crippen LogP contribution in [0, 0.1) is 6.92 Å². The molecule has 0 radical (unpaired) electrons. The molecule has 2 heterocycles. The Morgan fingerprint density at radius 2 is 1.74 bits per heavy atom. The number of aromatic nitrogens is 1. The van der Waals surface area contributed by atoms with Crippen LogP contribution in [0.4, 0.5) is 5.82 Å². The van der Waals surface area contributed by atoms with Crippen LogP contribution in [0.5, 0.6) is 0 Å². The molecule has 1 saturated heterocycles. The van der Waals surface area contributed by atoms with Gasteiger partial charge in [0.2, 0.25) is 10.0 Å². The Bertz CT molecular complexity index is 802. The molecule has 1 aliphatic heterocycles. The molecule has 7 heteroatoms. The minimum absolute atomic E-state index is 0.170. The van der Waals surface area contributed by atoms with Gasteiger partial charge in [-0.05, 0) is 30.7 Å². The van der Waals surface area contributed by atoms with Crippen molar-refractivity contribution in [1.82, 2.24) is 9.29 Å². The Balaban J connectivity index is 1.77. The lowest BCUT2D eigenvalue weighted by Crippen LogP contribution is -2.49. The van der Waals surface area contributed by atoms with Gasteiger partial charge in [0.1, 0.15) is 10.7 Å². The minimum Gasteiger partial charge on any atom is -0.354 e. The fourth-order valence-electron chi connectivity index (χ4n) is 2.74. The highest BCUT2D eigenvalue weighted by Gasteiger charge is 2.30. The van der Waals surface area contributed by atoms with Crippen molar-refractivity contribution in [2.45, 2.75) is 11.8 Å². The molecule has 1 fully saturated rings. The van der Waals surface area contributed by atoms with Gasteiger partial charge in [-0.25, -0.2) is 13.4 Å². The average Bonchev–Trinajstić information content (AvgIpc) is 2.56. The van der Waals surface area contributed by atoms with Crippen molar-refractivity contribution in [3.63, 3.8) is 0 Å². The van der Waals surface area contributed by atoms with E-state index < -0.39 is 10.0 Å². The SMILES string of the molecule is Cc1cccnc1N1CCN(S(=O)(=O)c2ccccc2Cl)CC1. The fraction of sp³-hybridized carbons (Fsp3) is 0.312. The first-order valence-corrected chi connectivity index (χ1v) is 9.23. The number of rotatable bonds is 3. The summed E-state index contributed by atoms with van der Waals surface area (Å²) in [5.41, 5.74) is 1.09. The number of hydrogen-bond donors (Lipinski definition) is 0. The summed E-state index contributed by atoms with van der Waals surface area (Å²) in [7, 11) is -3.55. The molecule has 5 nitrogen and oxygen atoms in total. The molecular formula is C16H18ClN3O2S. The Hall–Kier alpha value is -1.63. The first-order chi connectivity index (χ1) is 11.0. The maximum absolute atomic E-state index is 12.7. The number of halogens is 1. The van der Waals surface area contributed by atoms with Gasteiger partial charge < -0.3 is 4.90 Å². The monoisotopic (exact) mass is 351 g/mol. The molecular weight excluding hydrogens is 334 g/mol. The number of aryl methyl sites for hydroxylation is 1. The molecule has 3 rings (SSSR count). The van der Waals surface area contributed by atoms with Crippen molar-refractivity contribution < 1.29 is 8.42 Å². The summed E-state index contributed by atoms with van der Waals surface area (Å²) in [4.78, 5) is 6.69. The molecule has 0 N–H and O–H groups in total. The van der Waals surface area contributed by atoms with Crippen LogP contribution in [-0.4, -0.2) is 43.9 Å². The Labute approximate surface area is 141 Å². The Morgan fingerprint density at radius 3 is 2.39 bits per heavy atom. The van der Waals surface area contributed by atoms with Crippen molar-refractivity contribution in [2.75, 3.05) is 31.1 Å². The molecule has 0 saturated carbocycles. The Morgan fingerprint density at radius 1 is 1.04 bits per heavy atom. The topological polar surface area (TPSA) is 53.5 Å². The van der Waals surface area contributed by atoms with E-state index in [1.54, 1.807) is 30.5 Å². The van der Waals surface area contributed by atoms with E-state index in [9.17, 15) is 8.42 Å². The van der Waals surface area contributed by atoms with Gasteiger partial charge in [-0.15, -0.1) is 0 Å². The van der Waals surface area contributed by atoms with E-state index in [-0.39, 0.29) is 9.92 Å². The van der Waals surface area contributed by atoms with E-state index >= 15 is 0 Å². The zero-order valence-electron chi connectivity index (χ0n) is 12.8. The number of sulfonamides is 1. The summed E-state index contributed by atoms with van der Waals surface area (Å²) in [5.74, 6) is 0.919. The van der Waals surface area contributed by atoms with Gasteiger partial charge in [0.15, 0.2) is 0 Å². The van der Waals surface area contributed by atoms with E-state index in [2.05, 4.69) is 9.88 Å². The lowest BCUT2D eigenvalue weighted by molar-refractivity contribution is 0.383. The van der Waals surface area contributed by atoms with E-state index in [4.69, 9.17) is 11.6 Å². The summed E-state index contributed by atoms with van der Waals surface area (Å²) < 4.78 is 26.9. The van der Waals surface area contributed by atoms with E-state index in [0.717, 1.165) is 11.4 Å². The van der Waals surface area contributed by atoms with Crippen molar-refractivity contribution in [1.29, 1.82) is 0 Å². The van der Waals surface area contributed by atoms with E-state index in [1.807, 2.05) is 19.1 Å². The van der Waals surface area contributed by atoms with Crippen LogP contribution in [0.15, 0.2) is 47.5 Å². The molecule has 0 aliphatic carbocycles. The van der Waals surface area contributed by atoms with Crippen molar-refractivity contribution in [2.24, 2.45) is 0 Å². The molecule has 23 heavy (non-hydrogen) atoms. The van der Waals surface area contributed by atoms with Crippen molar-refractivity contribution in [3.05, 3.63) is 53.2 Å². The minimum atomic E-state index is -3.55. The lowest BCUT2D eigenvalue weighted by Gasteiger charge is -2.35. The van der Waals surface area contributed by atoms with Crippen LogP contribution in [0.25, 0.3) is 0 Å². The largest absolute Gasteiger partial charge is 0.354 e. The molecule has 0 atom stereocenters. The second-order valence-corrected chi connectivity index (χ2v) is 7.78. The number of piperazine rings is 1. The number of anilines is 1. The molecule has 0 unspecified atom stereocenters. The number of pyridine rings is 1. The Kier molecular flexibility index (Phi) is 4.57. The van der Waals surface area contributed by atoms with Gasteiger partial charge in [0.25, 0.3) is 0 Å². The predicted molar refractivity (Wildman–Crippen MR) is 91.4 cm³/mol. The highest BCUT2D eigenvalue weighted by molar-refractivity contribution is 7.89. The zero-order chi connectivity index (χ0) is 16.4. The first-order valence-electron chi connectivity index (χ1n) is 7.41. The highest BCUT2D eigenvalue weighted by Crippen LogP contribution is 2.26. The zero-order valence-corrected chi connectivity index (χ0v) is 14.4.